The van der Waals surface area contributed by atoms with Crippen LogP contribution < -0.4 is 0 Å². The van der Waals surface area contributed by atoms with E-state index in [0.29, 0.717) is 13.0 Å². The average Bonchev–Trinajstić information content (AvgIpc) is 2.52. The Morgan fingerprint density at radius 1 is 1.69 bits per heavy atom. The molecule has 76 valence electrons. The van der Waals surface area contributed by atoms with E-state index in [0.717, 1.165) is 25.1 Å². The van der Waals surface area contributed by atoms with Gasteiger partial charge in [0.05, 0.1) is 6.10 Å². The minimum atomic E-state index is -0.287. The van der Waals surface area contributed by atoms with E-state index in [1.807, 2.05) is 6.26 Å². The molecule has 3 nitrogen and oxygen atoms in total. The second kappa shape index (κ2) is 5.50. The first-order valence-electron chi connectivity index (χ1n) is 4.69. The van der Waals surface area contributed by atoms with Crippen LogP contribution in [0.25, 0.3) is 0 Å². The van der Waals surface area contributed by atoms with Gasteiger partial charge in [0.25, 0.3) is 0 Å². The number of aliphatic hydroxyl groups excluding tert-OH is 1. The summed E-state index contributed by atoms with van der Waals surface area (Å²) in [7, 11) is 0. The topological polar surface area (TPSA) is 40.5 Å². The maximum Gasteiger partial charge on any atom is 0.222 e. The van der Waals surface area contributed by atoms with E-state index in [1.54, 1.807) is 16.7 Å². The summed E-state index contributed by atoms with van der Waals surface area (Å²) in [5.41, 5.74) is 0. The Kier molecular flexibility index (Phi) is 4.59. The molecule has 1 atom stereocenters. The number of aliphatic hydroxyl groups is 1. The van der Waals surface area contributed by atoms with Crippen LogP contribution in [-0.4, -0.2) is 47.1 Å². The molecule has 0 aromatic heterocycles. The van der Waals surface area contributed by atoms with E-state index in [9.17, 15) is 9.90 Å². The standard InChI is InChI=1S/C9H17NO2S/c1-13-6-2-3-9(12)10-5-4-8(11)7-10/h8,11H,2-7H2,1H3/t8-/m1/s1. The lowest BCUT2D eigenvalue weighted by atomic mass is 10.3. The molecular formula is C9H17NO2S. The third-order valence-electron chi connectivity index (χ3n) is 2.26. The van der Waals surface area contributed by atoms with Crippen molar-refractivity contribution < 1.29 is 9.90 Å². The lowest BCUT2D eigenvalue weighted by Crippen LogP contribution is -2.29. The third kappa shape index (κ3) is 3.56. The zero-order valence-electron chi connectivity index (χ0n) is 8.03. The van der Waals surface area contributed by atoms with Crippen molar-refractivity contribution in [3.63, 3.8) is 0 Å². The Morgan fingerprint density at radius 3 is 3.00 bits per heavy atom. The number of rotatable bonds is 4. The number of amides is 1. The van der Waals surface area contributed by atoms with Crippen LogP contribution in [0.3, 0.4) is 0 Å². The number of hydrogen-bond acceptors (Lipinski definition) is 3. The molecule has 1 amide bonds. The molecule has 1 N–H and O–H groups in total. The fourth-order valence-electron chi connectivity index (χ4n) is 1.49. The molecule has 13 heavy (non-hydrogen) atoms. The molecule has 1 aliphatic heterocycles. The van der Waals surface area contributed by atoms with Crippen LogP contribution in [0.15, 0.2) is 0 Å². The molecule has 0 unspecified atom stereocenters. The molecule has 0 radical (unpaired) electrons. The van der Waals surface area contributed by atoms with Gasteiger partial charge in [-0.25, -0.2) is 0 Å². The molecule has 1 saturated heterocycles. The van der Waals surface area contributed by atoms with Gasteiger partial charge in [0.1, 0.15) is 0 Å². The Balaban J connectivity index is 2.16. The van der Waals surface area contributed by atoms with Crippen LogP contribution in [0.1, 0.15) is 19.3 Å². The molecule has 0 spiro atoms. The summed E-state index contributed by atoms with van der Waals surface area (Å²) in [6.45, 7) is 1.28. The van der Waals surface area contributed by atoms with Crippen LogP contribution in [0.2, 0.25) is 0 Å². The van der Waals surface area contributed by atoms with E-state index in [1.165, 1.54) is 0 Å². The number of carbonyl (C=O) groups excluding carboxylic acids is 1. The lowest BCUT2D eigenvalue weighted by molar-refractivity contribution is -0.130. The highest BCUT2D eigenvalue weighted by atomic mass is 32.2. The summed E-state index contributed by atoms with van der Waals surface area (Å²) in [6.07, 6.45) is 4.09. The fourth-order valence-corrected chi connectivity index (χ4v) is 1.93. The van der Waals surface area contributed by atoms with Crippen LogP contribution in [0.5, 0.6) is 0 Å². The second-order valence-corrected chi connectivity index (χ2v) is 4.36. The van der Waals surface area contributed by atoms with E-state index >= 15 is 0 Å². The number of nitrogens with zero attached hydrogens (tertiary/aromatic N) is 1. The van der Waals surface area contributed by atoms with Crippen molar-refractivity contribution in [3.8, 4) is 0 Å². The van der Waals surface area contributed by atoms with Crippen molar-refractivity contribution in [2.24, 2.45) is 0 Å². The summed E-state index contributed by atoms with van der Waals surface area (Å²) in [5.74, 6) is 1.24. The van der Waals surface area contributed by atoms with Gasteiger partial charge in [-0.15, -0.1) is 0 Å². The lowest BCUT2D eigenvalue weighted by Gasteiger charge is -2.14. The maximum atomic E-state index is 11.5. The van der Waals surface area contributed by atoms with E-state index in [2.05, 4.69) is 0 Å². The highest BCUT2D eigenvalue weighted by Crippen LogP contribution is 2.11. The summed E-state index contributed by atoms with van der Waals surface area (Å²) >= 11 is 1.77. The number of carbonyl (C=O) groups is 1. The van der Waals surface area contributed by atoms with Crippen LogP contribution in [-0.2, 0) is 4.79 Å². The fraction of sp³-hybridized carbons (Fsp3) is 0.889. The van der Waals surface area contributed by atoms with Crippen molar-refractivity contribution in [3.05, 3.63) is 0 Å². The SMILES string of the molecule is CSCCCC(=O)N1CC[C@@H](O)C1. The Labute approximate surface area is 83.5 Å². The van der Waals surface area contributed by atoms with Crippen LogP contribution in [0.4, 0.5) is 0 Å². The molecular weight excluding hydrogens is 186 g/mol. The van der Waals surface area contributed by atoms with E-state index < -0.39 is 0 Å². The van der Waals surface area contributed by atoms with Gasteiger partial charge in [0.15, 0.2) is 0 Å². The predicted octanol–water partition coefficient (Wildman–Crippen LogP) is 0.723. The Hall–Kier alpha value is -0.220. The highest BCUT2D eigenvalue weighted by Gasteiger charge is 2.23. The first-order valence-corrected chi connectivity index (χ1v) is 6.08. The molecule has 0 aromatic rings. The first-order chi connectivity index (χ1) is 6.24. The zero-order valence-corrected chi connectivity index (χ0v) is 8.85. The summed E-state index contributed by atoms with van der Waals surface area (Å²) < 4.78 is 0. The second-order valence-electron chi connectivity index (χ2n) is 3.38. The van der Waals surface area contributed by atoms with E-state index in [-0.39, 0.29) is 12.0 Å². The molecule has 1 fully saturated rings. The Morgan fingerprint density at radius 2 is 2.46 bits per heavy atom. The molecule has 0 aliphatic carbocycles. The minimum Gasteiger partial charge on any atom is -0.391 e. The first kappa shape index (κ1) is 10.9. The minimum absolute atomic E-state index is 0.200. The summed E-state index contributed by atoms with van der Waals surface area (Å²) in [5, 5.41) is 9.22. The quantitative estimate of drug-likeness (QED) is 0.685. The van der Waals surface area contributed by atoms with Gasteiger partial charge in [-0.3, -0.25) is 4.79 Å². The number of hydrogen-bond donors (Lipinski definition) is 1. The van der Waals surface area contributed by atoms with Gasteiger partial charge in [0, 0.05) is 19.5 Å². The van der Waals surface area contributed by atoms with Crippen molar-refractivity contribution >= 4 is 17.7 Å². The summed E-state index contributed by atoms with van der Waals surface area (Å²) in [6, 6.07) is 0. The molecule has 1 heterocycles. The third-order valence-corrected chi connectivity index (χ3v) is 2.95. The van der Waals surface area contributed by atoms with Crippen molar-refractivity contribution in [2.45, 2.75) is 25.4 Å². The van der Waals surface area contributed by atoms with Gasteiger partial charge in [-0.05, 0) is 24.9 Å². The molecule has 1 aliphatic rings. The number of likely N-dealkylation sites (tertiary alicyclic amines) is 1. The smallest absolute Gasteiger partial charge is 0.222 e. The Bertz CT molecular complexity index is 175. The van der Waals surface area contributed by atoms with Gasteiger partial charge >= 0.3 is 0 Å². The van der Waals surface area contributed by atoms with Gasteiger partial charge in [-0.1, -0.05) is 0 Å². The van der Waals surface area contributed by atoms with E-state index in [4.69, 9.17) is 0 Å². The molecule has 4 heteroatoms. The monoisotopic (exact) mass is 203 g/mol. The average molecular weight is 203 g/mol. The maximum absolute atomic E-state index is 11.5. The number of thioether (sulfide) groups is 1. The van der Waals surface area contributed by atoms with Gasteiger partial charge in [0.2, 0.25) is 5.91 Å². The zero-order chi connectivity index (χ0) is 9.68. The van der Waals surface area contributed by atoms with Crippen LogP contribution in [0, 0.1) is 0 Å². The molecule has 0 aromatic carbocycles. The van der Waals surface area contributed by atoms with Gasteiger partial charge < -0.3 is 10.0 Å². The predicted molar refractivity (Wildman–Crippen MR) is 54.8 cm³/mol. The molecule has 0 bridgehead atoms. The highest BCUT2D eigenvalue weighted by molar-refractivity contribution is 7.98. The molecule has 0 saturated carbocycles. The molecule has 1 rings (SSSR count). The van der Waals surface area contributed by atoms with Gasteiger partial charge in [-0.2, -0.15) is 11.8 Å². The summed E-state index contributed by atoms with van der Waals surface area (Å²) in [4.78, 5) is 13.2. The van der Waals surface area contributed by atoms with Crippen molar-refractivity contribution in [1.82, 2.24) is 4.90 Å². The largest absolute Gasteiger partial charge is 0.391 e. The number of β-amino-alcohol motifs (C(OH)–C–C–N with tert-alkyl or cyclic N) is 1. The van der Waals surface area contributed by atoms with Crippen LogP contribution >= 0.6 is 11.8 Å². The van der Waals surface area contributed by atoms with Crippen molar-refractivity contribution in [1.29, 1.82) is 0 Å². The van der Waals surface area contributed by atoms with Crippen molar-refractivity contribution in [2.75, 3.05) is 25.1 Å². The normalized spacial score (nSPS) is 22.3.